The zero-order valence-corrected chi connectivity index (χ0v) is 15.9. The molecule has 1 atom stereocenters. The number of nitrogens with two attached hydrogens (primary N) is 1. The first-order chi connectivity index (χ1) is 14.2. The van der Waals surface area contributed by atoms with Gasteiger partial charge in [0.15, 0.2) is 0 Å². The number of aromatic nitrogens is 1. The number of nitrogens with zero attached hydrogens (tertiary/aromatic N) is 2. The van der Waals surface area contributed by atoms with Crippen molar-refractivity contribution in [3.63, 3.8) is 0 Å². The Labute approximate surface area is 169 Å². The predicted octanol–water partition coefficient (Wildman–Crippen LogP) is 4.17. The molecule has 0 saturated heterocycles. The van der Waals surface area contributed by atoms with Crippen LogP contribution in [0, 0.1) is 11.3 Å². The second-order valence-electron chi connectivity index (χ2n) is 6.63. The lowest BCUT2D eigenvalue weighted by Gasteiger charge is -2.23. The molecule has 2 aromatic heterocycles. The zero-order chi connectivity index (χ0) is 20.0. The molecular weight excluding hydrogens is 384 g/mol. The topological polar surface area (TPSA) is 105 Å². The van der Waals surface area contributed by atoms with Crippen molar-refractivity contribution < 1.29 is 4.42 Å². The first-order valence-electron chi connectivity index (χ1n) is 8.91. The summed E-state index contributed by atoms with van der Waals surface area (Å²) in [4.78, 5) is 18.0. The van der Waals surface area contributed by atoms with Crippen molar-refractivity contribution in [2.75, 3.05) is 5.32 Å². The fourth-order valence-corrected chi connectivity index (χ4v) is 4.68. The van der Waals surface area contributed by atoms with Gasteiger partial charge in [-0.3, -0.25) is 0 Å². The van der Waals surface area contributed by atoms with E-state index < -0.39 is 5.63 Å². The molecule has 1 aliphatic rings. The maximum Gasteiger partial charge on any atom is 0.346 e. The molecule has 7 heteroatoms. The van der Waals surface area contributed by atoms with Gasteiger partial charge in [-0.15, -0.1) is 11.3 Å². The van der Waals surface area contributed by atoms with Crippen LogP contribution in [0.3, 0.4) is 0 Å². The number of para-hydroxylation sites is 1. The van der Waals surface area contributed by atoms with E-state index >= 15 is 0 Å². The van der Waals surface area contributed by atoms with Gasteiger partial charge in [0.1, 0.15) is 22.2 Å². The zero-order valence-electron chi connectivity index (χ0n) is 15.0. The van der Waals surface area contributed by atoms with Crippen LogP contribution in [-0.4, -0.2) is 4.98 Å². The third-order valence-electron chi connectivity index (χ3n) is 4.87. The van der Waals surface area contributed by atoms with E-state index in [-0.39, 0.29) is 11.7 Å². The van der Waals surface area contributed by atoms with Crippen LogP contribution in [0.2, 0.25) is 0 Å². The Morgan fingerprint density at radius 1 is 1.14 bits per heavy atom. The summed E-state index contributed by atoms with van der Waals surface area (Å²) in [6.45, 7) is 0. The van der Waals surface area contributed by atoms with E-state index in [1.54, 1.807) is 12.1 Å². The van der Waals surface area contributed by atoms with E-state index in [1.165, 1.54) is 11.3 Å². The molecule has 0 fully saturated rings. The molecule has 0 spiro atoms. The molecule has 1 unspecified atom stereocenters. The van der Waals surface area contributed by atoms with Gasteiger partial charge in [0.25, 0.3) is 0 Å². The van der Waals surface area contributed by atoms with Crippen LogP contribution in [0.5, 0.6) is 0 Å². The normalized spacial score (nSPS) is 15.6. The second-order valence-corrected chi connectivity index (χ2v) is 7.66. The summed E-state index contributed by atoms with van der Waals surface area (Å²) in [6, 6.07) is 21.0. The number of nitriles is 1. The van der Waals surface area contributed by atoms with Gasteiger partial charge in [-0.1, -0.05) is 48.5 Å². The molecule has 140 valence electrons. The van der Waals surface area contributed by atoms with Gasteiger partial charge in [0.05, 0.1) is 28.0 Å². The Balaban J connectivity index is 1.70. The Morgan fingerprint density at radius 3 is 2.69 bits per heavy atom. The highest BCUT2D eigenvalue weighted by Gasteiger charge is 2.32. The average Bonchev–Trinajstić information content (AvgIpc) is 3.16. The molecule has 0 bridgehead atoms. The standard InChI is InChI=1S/C22H14N4O2S/c23-11-15-17(12-6-2-1-3-7-12)18-20(25-19(15)24)26-21(29-18)14-10-13-8-4-5-9-16(13)28-22(14)27/h1-10,17,25H,24H2. The highest BCUT2D eigenvalue weighted by molar-refractivity contribution is 7.15. The Kier molecular flexibility index (Phi) is 3.93. The number of allylic oxidation sites excluding steroid dienone is 1. The molecule has 4 aromatic rings. The van der Waals surface area contributed by atoms with Crippen molar-refractivity contribution >= 4 is 28.1 Å². The van der Waals surface area contributed by atoms with Gasteiger partial charge < -0.3 is 15.5 Å². The van der Waals surface area contributed by atoms with Crippen LogP contribution in [0.25, 0.3) is 21.5 Å². The number of hydrogen-bond donors (Lipinski definition) is 2. The maximum atomic E-state index is 12.6. The molecule has 0 radical (unpaired) electrons. The lowest BCUT2D eigenvalue weighted by Crippen LogP contribution is -2.22. The third-order valence-corrected chi connectivity index (χ3v) is 6.03. The van der Waals surface area contributed by atoms with Gasteiger partial charge in [0, 0.05) is 5.39 Å². The predicted molar refractivity (Wildman–Crippen MR) is 112 cm³/mol. The van der Waals surface area contributed by atoms with Gasteiger partial charge in [-0.2, -0.15) is 5.26 Å². The lowest BCUT2D eigenvalue weighted by atomic mass is 9.88. The van der Waals surface area contributed by atoms with E-state index in [4.69, 9.17) is 10.2 Å². The SMILES string of the molecule is N#CC1=C(N)Nc2nc(-c3cc4ccccc4oc3=O)sc2C1c1ccccc1. The van der Waals surface area contributed by atoms with Gasteiger partial charge in [-0.25, -0.2) is 9.78 Å². The summed E-state index contributed by atoms with van der Waals surface area (Å²) >= 11 is 1.36. The first kappa shape index (κ1) is 17.2. The highest BCUT2D eigenvalue weighted by atomic mass is 32.1. The molecule has 0 amide bonds. The van der Waals surface area contributed by atoms with E-state index in [1.807, 2.05) is 48.5 Å². The van der Waals surface area contributed by atoms with E-state index in [0.29, 0.717) is 27.5 Å². The molecule has 0 saturated carbocycles. The molecule has 6 nitrogen and oxygen atoms in total. The smallest absolute Gasteiger partial charge is 0.346 e. The van der Waals surface area contributed by atoms with Crippen molar-refractivity contribution in [3.05, 3.63) is 92.9 Å². The van der Waals surface area contributed by atoms with E-state index in [9.17, 15) is 10.1 Å². The second kappa shape index (κ2) is 6.62. The summed E-state index contributed by atoms with van der Waals surface area (Å²) in [5.74, 6) is 0.496. The van der Waals surface area contributed by atoms with Gasteiger partial charge >= 0.3 is 5.63 Å². The van der Waals surface area contributed by atoms with Crippen LogP contribution in [0.4, 0.5) is 5.82 Å². The van der Waals surface area contributed by atoms with Gasteiger partial charge in [0.2, 0.25) is 0 Å². The number of benzene rings is 2. The number of hydrogen-bond acceptors (Lipinski definition) is 7. The maximum absolute atomic E-state index is 12.6. The minimum Gasteiger partial charge on any atom is -0.422 e. The van der Waals surface area contributed by atoms with Crippen molar-refractivity contribution in [3.8, 4) is 16.6 Å². The average molecular weight is 398 g/mol. The van der Waals surface area contributed by atoms with E-state index in [2.05, 4.69) is 16.4 Å². The van der Waals surface area contributed by atoms with Gasteiger partial charge in [-0.05, 0) is 17.7 Å². The monoisotopic (exact) mass is 398 g/mol. The number of anilines is 1. The fourth-order valence-electron chi connectivity index (χ4n) is 3.51. The number of nitrogens with one attached hydrogen (secondary N) is 1. The molecule has 2 aromatic carbocycles. The summed E-state index contributed by atoms with van der Waals surface area (Å²) < 4.78 is 5.46. The van der Waals surface area contributed by atoms with Crippen LogP contribution in [-0.2, 0) is 0 Å². The minimum absolute atomic E-state index is 0.274. The number of thiazole rings is 1. The van der Waals surface area contributed by atoms with Crippen molar-refractivity contribution in [1.82, 2.24) is 4.98 Å². The van der Waals surface area contributed by atoms with Crippen molar-refractivity contribution in [1.29, 1.82) is 5.26 Å². The molecule has 3 heterocycles. The molecule has 5 rings (SSSR count). The summed E-state index contributed by atoms with van der Waals surface area (Å²) in [5, 5.41) is 14.0. The fraction of sp³-hybridized carbons (Fsp3) is 0.0455. The molecule has 3 N–H and O–H groups in total. The quantitative estimate of drug-likeness (QED) is 0.491. The van der Waals surface area contributed by atoms with Crippen molar-refractivity contribution in [2.24, 2.45) is 5.73 Å². The Bertz CT molecular complexity index is 1380. The first-order valence-corrected chi connectivity index (χ1v) is 9.73. The number of rotatable bonds is 2. The molecule has 29 heavy (non-hydrogen) atoms. The Hall–Kier alpha value is -3.89. The summed E-state index contributed by atoms with van der Waals surface area (Å²) in [7, 11) is 0. The largest absolute Gasteiger partial charge is 0.422 e. The number of fused-ring (bicyclic) bond motifs is 2. The van der Waals surface area contributed by atoms with Crippen LogP contribution >= 0.6 is 11.3 Å². The highest BCUT2D eigenvalue weighted by Crippen LogP contribution is 2.45. The Morgan fingerprint density at radius 2 is 1.90 bits per heavy atom. The molecule has 0 aliphatic carbocycles. The lowest BCUT2D eigenvalue weighted by molar-refractivity contribution is 0.563. The third kappa shape index (κ3) is 2.78. The molecule has 1 aliphatic heterocycles. The van der Waals surface area contributed by atoms with Crippen LogP contribution < -0.4 is 16.7 Å². The minimum atomic E-state index is -0.451. The molecular formula is C22H14N4O2S. The van der Waals surface area contributed by atoms with Crippen LogP contribution in [0.15, 0.2) is 81.3 Å². The van der Waals surface area contributed by atoms with E-state index in [0.717, 1.165) is 15.8 Å². The van der Waals surface area contributed by atoms with Crippen molar-refractivity contribution in [2.45, 2.75) is 5.92 Å². The van der Waals surface area contributed by atoms with Crippen LogP contribution in [0.1, 0.15) is 16.4 Å². The summed E-state index contributed by atoms with van der Waals surface area (Å²) in [6.07, 6.45) is 0. The summed E-state index contributed by atoms with van der Waals surface area (Å²) in [5.41, 5.74) is 7.95.